The summed E-state index contributed by atoms with van der Waals surface area (Å²) < 4.78 is 54.4. The minimum atomic E-state index is -4.73. The molecular formula is C25H26F3N7O5. The third-order valence-electron chi connectivity index (χ3n) is 7.31. The van der Waals surface area contributed by atoms with Crippen LogP contribution in [0, 0.1) is 10.1 Å². The smallest absolute Gasteiger partial charge is 0.490 e. The summed E-state index contributed by atoms with van der Waals surface area (Å²) >= 11 is 0. The number of hydrogen-bond donors (Lipinski definition) is 1. The van der Waals surface area contributed by atoms with Gasteiger partial charge in [-0.2, -0.15) is 0 Å². The van der Waals surface area contributed by atoms with Crippen molar-refractivity contribution in [3.8, 4) is 17.5 Å². The molecular weight excluding hydrogens is 535 g/mol. The number of fused-ring (bicyclic) bond motifs is 3. The number of nitro groups is 1. The van der Waals surface area contributed by atoms with Crippen LogP contribution in [0.1, 0.15) is 31.2 Å². The Morgan fingerprint density at radius 3 is 2.42 bits per heavy atom. The highest BCUT2D eigenvalue weighted by molar-refractivity contribution is 5.38. The number of benzene rings is 1. The van der Waals surface area contributed by atoms with Crippen LogP contribution in [0.15, 0.2) is 42.9 Å². The summed E-state index contributed by atoms with van der Waals surface area (Å²) in [5.74, 6) is 0.653. The van der Waals surface area contributed by atoms with Gasteiger partial charge in [-0.3, -0.25) is 4.57 Å². The van der Waals surface area contributed by atoms with Gasteiger partial charge in [0.25, 0.3) is 0 Å². The Morgan fingerprint density at radius 2 is 1.77 bits per heavy atom. The molecule has 0 radical (unpaired) electrons. The Labute approximate surface area is 226 Å². The van der Waals surface area contributed by atoms with Gasteiger partial charge in [0.05, 0.1) is 6.04 Å². The van der Waals surface area contributed by atoms with E-state index in [1.807, 2.05) is 0 Å². The van der Waals surface area contributed by atoms with Gasteiger partial charge in [0, 0.05) is 61.0 Å². The van der Waals surface area contributed by atoms with Gasteiger partial charge >= 0.3 is 18.2 Å². The van der Waals surface area contributed by atoms with Crippen LogP contribution in [0.3, 0.4) is 0 Å². The molecule has 2 unspecified atom stereocenters. The van der Waals surface area contributed by atoms with E-state index in [1.54, 1.807) is 17.0 Å². The van der Waals surface area contributed by atoms with Gasteiger partial charge in [0.1, 0.15) is 30.4 Å². The molecule has 0 spiro atoms. The molecule has 3 atom stereocenters. The molecule has 12 nitrogen and oxygen atoms in total. The molecule has 212 valence electrons. The third-order valence-corrected chi connectivity index (χ3v) is 7.31. The molecule has 2 saturated heterocycles. The number of piperidine rings is 1. The topological polar surface area (TPSA) is 130 Å². The van der Waals surface area contributed by atoms with E-state index in [1.165, 1.54) is 30.5 Å². The summed E-state index contributed by atoms with van der Waals surface area (Å²) in [6.45, 7) is 1.36. The first kappa shape index (κ1) is 26.1. The van der Waals surface area contributed by atoms with Crippen molar-refractivity contribution >= 4 is 11.8 Å². The molecule has 0 aliphatic carbocycles. The maximum Gasteiger partial charge on any atom is 0.573 e. The van der Waals surface area contributed by atoms with Crippen molar-refractivity contribution in [2.24, 2.45) is 0 Å². The molecule has 1 aromatic carbocycles. The number of nitrogens with zero attached hydrogens (tertiary/aromatic N) is 6. The molecule has 3 aromatic rings. The highest BCUT2D eigenvalue weighted by Crippen LogP contribution is 2.39. The Hall–Kier alpha value is -4.14. The van der Waals surface area contributed by atoms with Crippen LogP contribution in [0.25, 0.3) is 0 Å². The fourth-order valence-electron chi connectivity index (χ4n) is 5.61. The van der Waals surface area contributed by atoms with Crippen LogP contribution in [0.5, 0.6) is 17.5 Å². The zero-order valence-electron chi connectivity index (χ0n) is 21.2. The number of anilines is 1. The lowest BCUT2D eigenvalue weighted by Crippen LogP contribution is -2.47. The highest BCUT2D eigenvalue weighted by Gasteiger charge is 2.43. The lowest BCUT2D eigenvalue weighted by Gasteiger charge is -2.38. The first-order chi connectivity index (χ1) is 19.2. The van der Waals surface area contributed by atoms with Crippen molar-refractivity contribution in [2.75, 3.05) is 11.5 Å². The number of halogens is 3. The molecule has 2 fully saturated rings. The SMILES string of the molecule is O=[N+]([O-])c1cn2c(n1)OC[C@@H](NCc1cnc(N3C4CCC3CC(Oc3ccc(OC(F)(F)F)cc3)C4)nc1)C2. The molecule has 3 aliphatic rings. The monoisotopic (exact) mass is 561 g/mol. The summed E-state index contributed by atoms with van der Waals surface area (Å²) in [4.78, 5) is 25.7. The van der Waals surface area contributed by atoms with Gasteiger partial charge in [-0.25, -0.2) is 9.97 Å². The summed E-state index contributed by atoms with van der Waals surface area (Å²) in [6, 6.07) is 6.10. The van der Waals surface area contributed by atoms with E-state index in [0.717, 1.165) is 31.2 Å². The Balaban J connectivity index is 1.01. The van der Waals surface area contributed by atoms with E-state index in [4.69, 9.17) is 9.47 Å². The first-order valence-corrected chi connectivity index (χ1v) is 12.9. The van der Waals surface area contributed by atoms with E-state index in [-0.39, 0.29) is 41.8 Å². The van der Waals surface area contributed by atoms with Gasteiger partial charge in [0.15, 0.2) is 0 Å². The van der Waals surface area contributed by atoms with Gasteiger partial charge < -0.3 is 34.5 Å². The number of rotatable bonds is 8. The average Bonchev–Trinajstić information content (AvgIpc) is 3.46. The lowest BCUT2D eigenvalue weighted by molar-refractivity contribution is -0.389. The van der Waals surface area contributed by atoms with Crippen molar-refractivity contribution in [3.05, 3.63) is 58.5 Å². The van der Waals surface area contributed by atoms with Crippen LogP contribution in [0.2, 0.25) is 0 Å². The van der Waals surface area contributed by atoms with Crippen molar-refractivity contribution in [1.29, 1.82) is 0 Å². The minimum absolute atomic E-state index is 0.0516. The molecule has 5 heterocycles. The number of hydrogen-bond acceptors (Lipinski definition) is 10. The van der Waals surface area contributed by atoms with Crippen molar-refractivity contribution in [2.45, 2.75) is 69.4 Å². The van der Waals surface area contributed by atoms with Gasteiger partial charge in [-0.1, -0.05) is 0 Å². The fourth-order valence-corrected chi connectivity index (χ4v) is 5.61. The largest absolute Gasteiger partial charge is 0.573 e. The zero-order valence-corrected chi connectivity index (χ0v) is 21.2. The molecule has 2 aromatic heterocycles. The fraction of sp³-hybridized carbons (Fsp3) is 0.480. The van der Waals surface area contributed by atoms with Crippen LogP contribution in [-0.4, -0.2) is 61.6 Å². The van der Waals surface area contributed by atoms with E-state index in [9.17, 15) is 23.3 Å². The average molecular weight is 562 g/mol. The Bertz CT molecular complexity index is 1340. The van der Waals surface area contributed by atoms with E-state index in [2.05, 4.69) is 29.9 Å². The molecule has 1 N–H and O–H groups in total. The van der Waals surface area contributed by atoms with Crippen LogP contribution in [-0.2, 0) is 13.1 Å². The summed E-state index contributed by atoms with van der Waals surface area (Å²) in [7, 11) is 0. The molecule has 15 heteroatoms. The Kier molecular flexibility index (Phi) is 6.82. The maximum atomic E-state index is 12.4. The second-order valence-corrected chi connectivity index (χ2v) is 10.1. The molecule has 3 aliphatic heterocycles. The number of imidazole rings is 1. The number of ether oxygens (including phenoxy) is 3. The Morgan fingerprint density at radius 1 is 1.10 bits per heavy atom. The number of nitrogens with one attached hydrogen (secondary N) is 1. The molecule has 40 heavy (non-hydrogen) atoms. The maximum absolute atomic E-state index is 12.4. The normalized spacial score (nSPS) is 23.8. The van der Waals surface area contributed by atoms with Crippen molar-refractivity contribution < 1.29 is 32.3 Å². The zero-order chi connectivity index (χ0) is 27.9. The predicted octanol–water partition coefficient (Wildman–Crippen LogP) is 3.61. The highest BCUT2D eigenvalue weighted by atomic mass is 19.4. The number of alkyl halides is 3. The molecule has 0 amide bonds. The number of aromatic nitrogens is 4. The summed E-state index contributed by atoms with van der Waals surface area (Å²) in [5.41, 5.74) is 0.898. The quantitative estimate of drug-likeness (QED) is 0.322. The van der Waals surface area contributed by atoms with Crippen molar-refractivity contribution in [1.82, 2.24) is 24.8 Å². The first-order valence-electron chi connectivity index (χ1n) is 12.9. The summed E-state index contributed by atoms with van der Waals surface area (Å²) in [6.07, 6.45) is 3.68. The summed E-state index contributed by atoms with van der Waals surface area (Å²) in [5, 5.41) is 14.3. The third kappa shape index (κ3) is 5.73. The minimum Gasteiger partial charge on any atom is -0.490 e. The van der Waals surface area contributed by atoms with Crippen LogP contribution >= 0.6 is 0 Å². The standard InChI is InChI=1S/C25H26F3N7O5/c26-25(27,28)40-20-5-3-19(4-6-20)39-21-7-17-1-2-18(8-21)34(17)23-30-10-15(11-31-23)9-29-16-12-33-13-22(35(36)37)32-24(33)38-14-16/h3-6,10-11,13,16-18,21,29H,1-2,7-9,12,14H2/t16-,17?,18?,21?/m0/s1. The van der Waals surface area contributed by atoms with Crippen molar-refractivity contribution in [3.63, 3.8) is 0 Å². The van der Waals surface area contributed by atoms with E-state index in [0.29, 0.717) is 31.4 Å². The van der Waals surface area contributed by atoms with Crippen LogP contribution in [0.4, 0.5) is 24.9 Å². The lowest BCUT2D eigenvalue weighted by atomic mass is 10.00. The predicted molar refractivity (Wildman–Crippen MR) is 133 cm³/mol. The van der Waals surface area contributed by atoms with Gasteiger partial charge in [-0.15, -0.1) is 13.2 Å². The molecule has 6 rings (SSSR count). The van der Waals surface area contributed by atoms with Crippen LogP contribution < -0.4 is 24.4 Å². The second kappa shape index (κ2) is 10.4. The molecule has 2 bridgehead atoms. The second-order valence-electron chi connectivity index (χ2n) is 10.1. The van der Waals surface area contributed by atoms with E-state index >= 15 is 0 Å². The van der Waals surface area contributed by atoms with E-state index < -0.39 is 11.3 Å². The molecule has 0 saturated carbocycles. The van der Waals surface area contributed by atoms with Gasteiger partial charge in [-0.05, 0) is 42.0 Å². The van der Waals surface area contributed by atoms with Gasteiger partial charge in [0.2, 0.25) is 5.95 Å².